The Balaban J connectivity index is 1.99. The topological polar surface area (TPSA) is 9.23 Å². The van der Waals surface area contributed by atoms with E-state index in [4.69, 9.17) is 4.43 Å². The van der Waals surface area contributed by atoms with E-state index in [-0.39, 0.29) is 0 Å². The fraction of sp³-hybridized carbons (Fsp3) is 0.867. The molecule has 1 fully saturated rings. The van der Waals surface area contributed by atoms with E-state index >= 15 is 0 Å². The van der Waals surface area contributed by atoms with E-state index in [1.165, 1.54) is 43.8 Å². The second-order valence-corrected chi connectivity index (χ2v) is 10.3. The quantitative estimate of drug-likeness (QED) is 0.475. The summed E-state index contributed by atoms with van der Waals surface area (Å²) in [5, 5.41) is 0. The van der Waals surface area contributed by atoms with Crippen LogP contribution in [0.3, 0.4) is 0 Å². The molecule has 0 saturated heterocycles. The lowest BCUT2D eigenvalue weighted by atomic mass is 9.96. The Bertz CT molecular complexity index is 268. The summed E-state index contributed by atoms with van der Waals surface area (Å²) in [5.74, 6) is 2.77. The van der Waals surface area contributed by atoms with Gasteiger partial charge >= 0.3 is 0 Å². The highest BCUT2D eigenvalue weighted by atomic mass is 28.4. The summed E-state index contributed by atoms with van der Waals surface area (Å²) in [7, 11) is 0.581. The van der Waals surface area contributed by atoms with Crippen molar-refractivity contribution < 1.29 is 4.43 Å². The lowest BCUT2D eigenvalue weighted by Gasteiger charge is -2.34. The van der Waals surface area contributed by atoms with Gasteiger partial charge in [0.1, 0.15) is 0 Å². The molecule has 17 heavy (non-hydrogen) atoms. The molecule has 98 valence electrons. The highest BCUT2D eigenvalue weighted by molar-refractivity contribution is 6.73. The predicted octanol–water partition coefficient (Wildman–Crippen LogP) is 4.61. The van der Waals surface area contributed by atoms with Crippen LogP contribution in [0.4, 0.5) is 0 Å². The van der Waals surface area contributed by atoms with Gasteiger partial charge in [0.25, 0.3) is 0 Å². The second kappa shape index (κ2) is 5.70. The third-order valence-corrected chi connectivity index (χ3v) is 9.85. The standard InChI is InChI=1S/C15H28OSi/c1-4-8-17(16-3,9-5-2)12-15-11-13-6-7-14(15)10-13/h6-7,13-15H,4-5,8-12H2,1-3H3. The SMILES string of the molecule is CCC[Si](CCC)(CC1CC2C=CC1C2)OC. The summed E-state index contributed by atoms with van der Waals surface area (Å²) in [5.41, 5.74) is 0. The van der Waals surface area contributed by atoms with E-state index in [0.717, 1.165) is 17.8 Å². The van der Waals surface area contributed by atoms with E-state index in [1.54, 1.807) is 0 Å². The summed E-state index contributed by atoms with van der Waals surface area (Å²) in [4.78, 5) is 0. The van der Waals surface area contributed by atoms with Gasteiger partial charge < -0.3 is 4.43 Å². The van der Waals surface area contributed by atoms with Crippen LogP contribution in [0.1, 0.15) is 39.5 Å². The van der Waals surface area contributed by atoms with Gasteiger partial charge in [-0.2, -0.15) is 0 Å². The Kier molecular flexibility index (Phi) is 4.48. The van der Waals surface area contributed by atoms with Crippen LogP contribution < -0.4 is 0 Å². The molecule has 0 heterocycles. The molecule has 0 aromatic carbocycles. The molecule has 2 bridgehead atoms. The molecule has 2 rings (SSSR count). The first kappa shape index (κ1) is 13.4. The van der Waals surface area contributed by atoms with E-state index in [2.05, 4.69) is 26.0 Å². The largest absolute Gasteiger partial charge is 0.420 e. The molecule has 2 heteroatoms. The second-order valence-electron chi connectivity index (χ2n) is 6.13. The Labute approximate surface area is 108 Å². The molecule has 0 N–H and O–H groups in total. The maximum absolute atomic E-state index is 6.10. The molecule has 0 aromatic rings. The van der Waals surface area contributed by atoms with E-state index in [0.29, 0.717) is 0 Å². The number of fused-ring (bicyclic) bond motifs is 2. The van der Waals surface area contributed by atoms with Gasteiger partial charge in [0, 0.05) is 7.11 Å². The molecule has 3 unspecified atom stereocenters. The van der Waals surface area contributed by atoms with Crippen LogP contribution in [-0.2, 0) is 4.43 Å². The highest BCUT2D eigenvalue weighted by Gasteiger charge is 2.42. The summed E-state index contributed by atoms with van der Waals surface area (Å²) in [6.45, 7) is 4.63. The molecule has 3 atom stereocenters. The first-order valence-electron chi connectivity index (χ1n) is 7.46. The fourth-order valence-electron chi connectivity index (χ4n) is 4.13. The molecular weight excluding hydrogens is 224 g/mol. The Morgan fingerprint density at radius 1 is 1.12 bits per heavy atom. The minimum Gasteiger partial charge on any atom is -0.420 e. The van der Waals surface area contributed by atoms with Crippen molar-refractivity contribution in [2.75, 3.05) is 7.11 Å². The van der Waals surface area contributed by atoms with Gasteiger partial charge in [0.2, 0.25) is 0 Å². The monoisotopic (exact) mass is 252 g/mol. The molecule has 0 aromatic heterocycles. The van der Waals surface area contributed by atoms with Gasteiger partial charge in [-0.15, -0.1) is 0 Å². The van der Waals surface area contributed by atoms with Crippen molar-refractivity contribution >= 4 is 8.32 Å². The van der Waals surface area contributed by atoms with Crippen molar-refractivity contribution in [1.82, 2.24) is 0 Å². The first-order valence-corrected chi connectivity index (χ1v) is 9.99. The van der Waals surface area contributed by atoms with Crippen molar-refractivity contribution in [2.45, 2.75) is 57.7 Å². The highest BCUT2D eigenvalue weighted by Crippen LogP contribution is 2.48. The van der Waals surface area contributed by atoms with Crippen LogP contribution in [0.15, 0.2) is 12.2 Å². The molecule has 0 amide bonds. The average Bonchev–Trinajstić information content (AvgIpc) is 2.91. The van der Waals surface area contributed by atoms with Crippen molar-refractivity contribution in [1.29, 1.82) is 0 Å². The van der Waals surface area contributed by atoms with Crippen LogP contribution in [0.2, 0.25) is 18.1 Å². The van der Waals surface area contributed by atoms with Gasteiger partial charge in [0.05, 0.1) is 0 Å². The molecule has 0 spiro atoms. The van der Waals surface area contributed by atoms with E-state index in [9.17, 15) is 0 Å². The van der Waals surface area contributed by atoms with Gasteiger partial charge in [-0.1, -0.05) is 38.8 Å². The zero-order valence-electron chi connectivity index (χ0n) is 11.7. The van der Waals surface area contributed by atoms with Crippen molar-refractivity contribution in [3.63, 3.8) is 0 Å². The lowest BCUT2D eigenvalue weighted by molar-refractivity contribution is 0.363. The van der Waals surface area contributed by atoms with Crippen molar-refractivity contribution in [2.24, 2.45) is 17.8 Å². The fourth-order valence-corrected chi connectivity index (χ4v) is 8.62. The number of hydrogen-bond donors (Lipinski definition) is 0. The summed E-state index contributed by atoms with van der Waals surface area (Å²) >= 11 is 0. The normalized spacial score (nSPS) is 31.4. The molecule has 2 aliphatic rings. The van der Waals surface area contributed by atoms with Crippen LogP contribution in [0.5, 0.6) is 0 Å². The maximum atomic E-state index is 6.10. The van der Waals surface area contributed by atoms with Crippen LogP contribution in [0.25, 0.3) is 0 Å². The third kappa shape index (κ3) is 2.85. The molecule has 1 saturated carbocycles. The Morgan fingerprint density at radius 3 is 2.24 bits per heavy atom. The molecule has 0 aliphatic heterocycles. The smallest absolute Gasteiger partial charge is 0.192 e. The summed E-state index contributed by atoms with van der Waals surface area (Å²) < 4.78 is 6.10. The van der Waals surface area contributed by atoms with Crippen LogP contribution in [-0.4, -0.2) is 15.4 Å². The van der Waals surface area contributed by atoms with Crippen LogP contribution >= 0.6 is 0 Å². The van der Waals surface area contributed by atoms with E-state index in [1.807, 2.05) is 7.11 Å². The third-order valence-electron chi connectivity index (χ3n) is 4.89. The number of hydrogen-bond acceptors (Lipinski definition) is 1. The maximum Gasteiger partial charge on any atom is 0.192 e. The summed E-state index contributed by atoms with van der Waals surface area (Å²) in [6.07, 6.45) is 10.4. The zero-order valence-corrected chi connectivity index (χ0v) is 12.7. The summed E-state index contributed by atoms with van der Waals surface area (Å²) in [6, 6.07) is 4.17. The average molecular weight is 252 g/mol. The van der Waals surface area contributed by atoms with Crippen molar-refractivity contribution in [3.05, 3.63) is 12.2 Å². The lowest BCUT2D eigenvalue weighted by Crippen LogP contribution is -2.39. The van der Waals surface area contributed by atoms with Crippen molar-refractivity contribution in [3.8, 4) is 0 Å². The Morgan fingerprint density at radius 2 is 1.82 bits per heavy atom. The van der Waals surface area contributed by atoms with Gasteiger partial charge in [-0.25, -0.2) is 0 Å². The predicted molar refractivity (Wildman–Crippen MR) is 76.6 cm³/mol. The van der Waals surface area contributed by atoms with Gasteiger partial charge in [-0.3, -0.25) is 0 Å². The van der Waals surface area contributed by atoms with E-state index < -0.39 is 8.32 Å². The molecule has 2 aliphatic carbocycles. The first-order chi connectivity index (χ1) is 8.23. The minimum atomic E-state index is -1.41. The molecule has 0 radical (unpaired) electrons. The Hall–Kier alpha value is -0.0831. The number of allylic oxidation sites excluding steroid dienone is 2. The number of rotatable bonds is 7. The van der Waals surface area contributed by atoms with Gasteiger partial charge in [0.15, 0.2) is 8.32 Å². The molecular formula is C15H28OSi. The minimum absolute atomic E-state index is 0.899. The molecule has 1 nitrogen and oxygen atoms in total. The van der Waals surface area contributed by atoms with Gasteiger partial charge in [-0.05, 0) is 48.7 Å². The van der Waals surface area contributed by atoms with Crippen LogP contribution in [0, 0.1) is 17.8 Å². The zero-order chi connectivity index (χ0) is 12.3.